The zero-order valence-electron chi connectivity index (χ0n) is 19.0. The molecule has 0 spiro atoms. The number of amides is 1. The Labute approximate surface area is 204 Å². The normalized spacial score (nSPS) is 14.2. The number of halogens is 1. The SMILES string of the molecule is CN1CCN(c2ccc(Cl)cc2NC(=O)c2cc(-c3ccccc3)nn2-c2ccccc2)CC1. The van der Waals surface area contributed by atoms with Crippen molar-refractivity contribution in [3.63, 3.8) is 0 Å². The summed E-state index contributed by atoms with van der Waals surface area (Å²) in [6.07, 6.45) is 0. The van der Waals surface area contributed by atoms with E-state index in [1.165, 1.54) is 0 Å². The van der Waals surface area contributed by atoms with Crippen molar-refractivity contribution in [2.24, 2.45) is 0 Å². The molecule has 1 N–H and O–H groups in total. The molecule has 0 atom stereocenters. The molecule has 7 heteroatoms. The number of hydrogen-bond donors (Lipinski definition) is 1. The lowest BCUT2D eigenvalue weighted by Gasteiger charge is -2.35. The van der Waals surface area contributed by atoms with Crippen molar-refractivity contribution >= 4 is 28.9 Å². The van der Waals surface area contributed by atoms with E-state index in [1.807, 2.05) is 84.9 Å². The molecule has 0 bridgehead atoms. The quantitative estimate of drug-likeness (QED) is 0.435. The van der Waals surface area contributed by atoms with Crippen LogP contribution in [0.2, 0.25) is 5.02 Å². The molecular formula is C27H26ClN5O. The van der Waals surface area contributed by atoms with Gasteiger partial charge in [0, 0.05) is 36.8 Å². The smallest absolute Gasteiger partial charge is 0.274 e. The van der Waals surface area contributed by atoms with E-state index in [2.05, 4.69) is 22.2 Å². The first-order chi connectivity index (χ1) is 16.6. The van der Waals surface area contributed by atoms with E-state index in [-0.39, 0.29) is 5.91 Å². The fourth-order valence-electron chi connectivity index (χ4n) is 4.18. The molecule has 6 nitrogen and oxygen atoms in total. The molecule has 2 heterocycles. The number of carbonyl (C=O) groups excluding carboxylic acids is 1. The van der Waals surface area contributed by atoms with E-state index in [4.69, 9.17) is 16.7 Å². The number of nitrogens with zero attached hydrogens (tertiary/aromatic N) is 4. The van der Waals surface area contributed by atoms with Gasteiger partial charge in [-0.1, -0.05) is 60.1 Å². The summed E-state index contributed by atoms with van der Waals surface area (Å²) >= 11 is 6.32. The third-order valence-electron chi connectivity index (χ3n) is 6.06. The van der Waals surface area contributed by atoms with Gasteiger partial charge in [0.25, 0.3) is 5.91 Å². The summed E-state index contributed by atoms with van der Waals surface area (Å²) in [6, 6.07) is 27.0. The molecule has 3 aromatic carbocycles. The van der Waals surface area contributed by atoms with Crippen LogP contribution in [0.4, 0.5) is 11.4 Å². The lowest BCUT2D eigenvalue weighted by molar-refractivity contribution is 0.101. The molecule has 0 saturated carbocycles. The standard InChI is InChI=1S/C27H26ClN5O/c1-31-14-16-32(17-15-31)25-13-12-21(28)18-24(25)29-27(34)26-19-23(20-8-4-2-5-9-20)30-33(26)22-10-6-3-7-11-22/h2-13,18-19H,14-17H2,1H3,(H,29,34). The van der Waals surface area contributed by atoms with Gasteiger partial charge < -0.3 is 15.1 Å². The van der Waals surface area contributed by atoms with E-state index in [9.17, 15) is 4.79 Å². The third kappa shape index (κ3) is 4.69. The van der Waals surface area contributed by atoms with Gasteiger partial charge in [-0.25, -0.2) is 4.68 Å². The van der Waals surface area contributed by atoms with E-state index in [0.717, 1.165) is 48.8 Å². The topological polar surface area (TPSA) is 53.4 Å². The van der Waals surface area contributed by atoms with Crippen LogP contribution in [0, 0.1) is 0 Å². The number of rotatable bonds is 5. The summed E-state index contributed by atoms with van der Waals surface area (Å²) in [4.78, 5) is 18.2. The van der Waals surface area contributed by atoms with Crippen molar-refractivity contribution in [2.45, 2.75) is 0 Å². The molecule has 0 aliphatic carbocycles. The van der Waals surface area contributed by atoms with Crippen LogP contribution in [0.3, 0.4) is 0 Å². The van der Waals surface area contributed by atoms with Gasteiger partial charge in [0.05, 0.1) is 22.8 Å². The maximum absolute atomic E-state index is 13.6. The van der Waals surface area contributed by atoms with Crippen LogP contribution in [0.15, 0.2) is 84.9 Å². The number of carbonyl (C=O) groups is 1. The Hall–Kier alpha value is -3.61. The lowest BCUT2D eigenvalue weighted by atomic mass is 10.1. The molecule has 172 valence electrons. The fourth-order valence-corrected chi connectivity index (χ4v) is 4.35. The Morgan fingerprint density at radius 1 is 0.882 bits per heavy atom. The van der Waals surface area contributed by atoms with Gasteiger partial charge in [0.15, 0.2) is 0 Å². The van der Waals surface area contributed by atoms with E-state index in [1.54, 1.807) is 4.68 Å². The van der Waals surface area contributed by atoms with Crippen molar-refractivity contribution in [1.29, 1.82) is 0 Å². The van der Waals surface area contributed by atoms with Crippen molar-refractivity contribution in [2.75, 3.05) is 43.4 Å². The van der Waals surface area contributed by atoms with Crippen molar-refractivity contribution in [1.82, 2.24) is 14.7 Å². The van der Waals surface area contributed by atoms with Crippen LogP contribution in [-0.4, -0.2) is 53.8 Å². The lowest BCUT2D eigenvalue weighted by Crippen LogP contribution is -2.44. The highest BCUT2D eigenvalue weighted by atomic mass is 35.5. The number of likely N-dealkylation sites (N-methyl/N-ethyl adjacent to an activating group) is 1. The van der Waals surface area contributed by atoms with Crippen LogP contribution in [0.25, 0.3) is 16.9 Å². The Kier molecular flexibility index (Phi) is 6.34. The van der Waals surface area contributed by atoms with Crippen LogP contribution < -0.4 is 10.2 Å². The van der Waals surface area contributed by atoms with Crippen LogP contribution in [0.1, 0.15) is 10.5 Å². The molecule has 1 fully saturated rings. The number of benzene rings is 3. The molecule has 34 heavy (non-hydrogen) atoms. The number of hydrogen-bond acceptors (Lipinski definition) is 4. The van der Waals surface area contributed by atoms with Gasteiger partial charge in [-0.15, -0.1) is 0 Å². The number of para-hydroxylation sites is 1. The molecule has 1 aliphatic heterocycles. The highest BCUT2D eigenvalue weighted by Crippen LogP contribution is 2.31. The van der Waals surface area contributed by atoms with E-state index >= 15 is 0 Å². The van der Waals surface area contributed by atoms with Crippen LogP contribution >= 0.6 is 11.6 Å². The Balaban J connectivity index is 1.51. The molecule has 1 saturated heterocycles. The van der Waals surface area contributed by atoms with Gasteiger partial charge in [0.2, 0.25) is 0 Å². The maximum Gasteiger partial charge on any atom is 0.274 e. The first-order valence-electron chi connectivity index (χ1n) is 11.3. The average molecular weight is 472 g/mol. The second-order valence-corrected chi connectivity index (χ2v) is 8.87. The highest BCUT2D eigenvalue weighted by molar-refractivity contribution is 6.31. The fraction of sp³-hybridized carbons (Fsp3) is 0.185. The first kappa shape index (κ1) is 22.2. The monoisotopic (exact) mass is 471 g/mol. The Morgan fingerprint density at radius 3 is 2.26 bits per heavy atom. The van der Waals surface area contributed by atoms with Gasteiger partial charge in [-0.05, 0) is 43.4 Å². The minimum atomic E-state index is -0.240. The zero-order chi connectivity index (χ0) is 23.5. The molecule has 1 amide bonds. The van der Waals surface area contributed by atoms with E-state index < -0.39 is 0 Å². The van der Waals surface area contributed by atoms with Gasteiger partial charge in [0.1, 0.15) is 5.69 Å². The minimum absolute atomic E-state index is 0.240. The van der Waals surface area contributed by atoms with Gasteiger partial charge in [-0.3, -0.25) is 4.79 Å². The number of aromatic nitrogens is 2. The summed E-state index contributed by atoms with van der Waals surface area (Å²) in [5, 5.41) is 8.46. The minimum Gasteiger partial charge on any atom is -0.367 e. The maximum atomic E-state index is 13.6. The predicted molar refractivity (Wildman–Crippen MR) is 138 cm³/mol. The molecular weight excluding hydrogens is 446 g/mol. The van der Waals surface area contributed by atoms with Crippen molar-refractivity contribution < 1.29 is 4.79 Å². The Morgan fingerprint density at radius 2 is 1.56 bits per heavy atom. The number of nitrogens with one attached hydrogen (secondary N) is 1. The number of piperazine rings is 1. The summed E-state index contributed by atoms with van der Waals surface area (Å²) in [5.74, 6) is -0.240. The molecule has 0 radical (unpaired) electrons. The van der Waals surface area contributed by atoms with Crippen LogP contribution in [0.5, 0.6) is 0 Å². The third-order valence-corrected chi connectivity index (χ3v) is 6.30. The molecule has 5 rings (SSSR count). The second-order valence-electron chi connectivity index (χ2n) is 8.43. The van der Waals surface area contributed by atoms with E-state index in [0.29, 0.717) is 16.4 Å². The second kappa shape index (κ2) is 9.71. The Bertz CT molecular complexity index is 1280. The van der Waals surface area contributed by atoms with Gasteiger partial charge in [-0.2, -0.15) is 5.10 Å². The molecule has 1 aromatic heterocycles. The highest BCUT2D eigenvalue weighted by Gasteiger charge is 2.22. The molecule has 4 aromatic rings. The number of anilines is 2. The molecule has 0 unspecified atom stereocenters. The summed E-state index contributed by atoms with van der Waals surface area (Å²) in [6.45, 7) is 3.72. The predicted octanol–water partition coefficient (Wildman–Crippen LogP) is 5.20. The zero-order valence-corrected chi connectivity index (χ0v) is 19.7. The van der Waals surface area contributed by atoms with Crippen LogP contribution in [-0.2, 0) is 0 Å². The summed E-state index contributed by atoms with van der Waals surface area (Å²) in [7, 11) is 2.12. The molecule has 1 aliphatic rings. The summed E-state index contributed by atoms with van der Waals surface area (Å²) in [5.41, 5.74) is 4.63. The average Bonchev–Trinajstić information content (AvgIpc) is 3.32. The van der Waals surface area contributed by atoms with Crippen molar-refractivity contribution in [3.05, 3.63) is 95.6 Å². The summed E-state index contributed by atoms with van der Waals surface area (Å²) < 4.78 is 1.69. The van der Waals surface area contributed by atoms with Crippen molar-refractivity contribution in [3.8, 4) is 16.9 Å². The van der Waals surface area contributed by atoms with Gasteiger partial charge >= 0.3 is 0 Å². The first-order valence-corrected chi connectivity index (χ1v) is 11.7. The largest absolute Gasteiger partial charge is 0.367 e.